The van der Waals surface area contributed by atoms with E-state index in [0.29, 0.717) is 5.69 Å². The molecule has 0 unspecified atom stereocenters. The average Bonchev–Trinajstić information content (AvgIpc) is 3.13. The minimum Gasteiger partial charge on any atom is -0.344 e. The van der Waals surface area contributed by atoms with Crippen LogP contribution in [0.2, 0.25) is 0 Å². The first-order valence-corrected chi connectivity index (χ1v) is 10.5. The Balaban J connectivity index is 1.67. The minimum absolute atomic E-state index is 0.0425. The van der Waals surface area contributed by atoms with Gasteiger partial charge in [-0.3, -0.25) is 9.59 Å². The van der Waals surface area contributed by atoms with E-state index in [0.717, 1.165) is 21.8 Å². The number of carbonyl (C=O) groups is 2. The lowest BCUT2D eigenvalue weighted by Crippen LogP contribution is -2.47. The fourth-order valence-corrected chi connectivity index (χ4v) is 3.64. The van der Waals surface area contributed by atoms with Gasteiger partial charge in [0.15, 0.2) is 0 Å². The first kappa shape index (κ1) is 20.7. The van der Waals surface area contributed by atoms with Gasteiger partial charge in [-0.2, -0.15) is 0 Å². The van der Waals surface area contributed by atoms with Crippen LogP contribution in [0.25, 0.3) is 11.3 Å². The summed E-state index contributed by atoms with van der Waals surface area (Å²) in [5.41, 5.74) is 3.43. The number of hydrogen-bond acceptors (Lipinski definition) is 4. The molecule has 3 rings (SSSR count). The molecule has 0 bridgehead atoms. The molecule has 0 fully saturated rings. The lowest BCUT2D eigenvalue weighted by atomic mass is 10.0. The van der Waals surface area contributed by atoms with Gasteiger partial charge in [-0.1, -0.05) is 56.3 Å². The van der Waals surface area contributed by atoms with E-state index in [9.17, 15) is 9.59 Å². The highest BCUT2D eigenvalue weighted by molar-refractivity contribution is 7.09. The van der Waals surface area contributed by atoms with Crippen LogP contribution in [0, 0.1) is 12.8 Å². The molecule has 3 aromatic rings. The summed E-state index contributed by atoms with van der Waals surface area (Å²) in [4.78, 5) is 29.8. The second-order valence-corrected chi connectivity index (χ2v) is 8.34. The molecule has 150 valence electrons. The van der Waals surface area contributed by atoms with Crippen molar-refractivity contribution in [2.24, 2.45) is 5.92 Å². The third kappa shape index (κ3) is 5.74. The van der Waals surface area contributed by atoms with E-state index in [1.54, 1.807) is 11.3 Å². The van der Waals surface area contributed by atoms with Crippen molar-refractivity contribution in [3.05, 3.63) is 70.5 Å². The van der Waals surface area contributed by atoms with Crippen molar-refractivity contribution in [2.75, 3.05) is 5.32 Å². The fourth-order valence-electron chi connectivity index (χ4n) is 3.01. The van der Waals surface area contributed by atoms with Crippen molar-refractivity contribution in [2.45, 2.75) is 33.2 Å². The van der Waals surface area contributed by atoms with Crippen molar-refractivity contribution in [3.63, 3.8) is 0 Å². The molecule has 0 aliphatic heterocycles. The summed E-state index contributed by atoms with van der Waals surface area (Å²) in [6.07, 6.45) is 0.246. The molecule has 0 saturated carbocycles. The van der Waals surface area contributed by atoms with E-state index >= 15 is 0 Å². The monoisotopic (exact) mass is 407 g/mol. The van der Waals surface area contributed by atoms with Crippen molar-refractivity contribution < 1.29 is 9.59 Å². The number of amides is 2. The van der Waals surface area contributed by atoms with Crippen LogP contribution in [0.5, 0.6) is 0 Å². The Morgan fingerprint density at radius 3 is 2.48 bits per heavy atom. The van der Waals surface area contributed by atoms with E-state index < -0.39 is 6.04 Å². The Labute approximate surface area is 175 Å². The number of nitrogens with one attached hydrogen (secondary N) is 2. The van der Waals surface area contributed by atoms with Gasteiger partial charge in [-0.25, -0.2) is 4.98 Å². The summed E-state index contributed by atoms with van der Waals surface area (Å²) < 4.78 is 0. The lowest BCUT2D eigenvalue weighted by Gasteiger charge is -2.22. The van der Waals surface area contributed by atoms with Gasteiger partial charge >= 0.3 is 0 Å². The quantitative estimate of drug-likeness (QED) is 0.608. The van der Waals surface area contributed by atoms with Crippen LogP contribution in [-0.2, 0) is 16.0 Å². The highest BCUT2D eigenvalue weighted by Gasteiger charge is 2.24. The number of aryl methyl sites for hydroxylation is 1. The summed E-state index contributed by atoms with van der Waals surface area (Å²) in [5.74, 6) is -0.441. The fraction of sp³-hybridized carbons (Fsp3) is 0.261. The highest BCUT2D eigenvalue weighted by atomic mass is 32.1. The zero-order chi connectivity index (χ0) is 20.8. The van der Waals surface area contributed by atoms with Gasteiger partial charge in [0, 0.05) is 16.6 Å². The number of benzene rings is 2. The summed E-state index contributed by atoms with van der Waals surface area (Å²) in [6, 6.07) is 16.5. The van der Waals surface area contributed by atoms with Crippen molar-refractivity contribution in [1.29, 1.82) is 0 Å². The molecular formula is C23H25N3O2S. The average molecular weight is 408 g/mol. The van der Waals surface area contributed by atoms with Gasteiger partial charge in [0.05, 0.1) is 17.1 Å². The van der Waals surface area contributed by atoms with E-state index in [2.05, 4.69) is 15.6 Å². The normalized spacial score (nSPS) is 11.9. The largest absolute Gasteiger partial charge is 0.344 e. The van der Waals surface area contributed by atoms with Crippen LogP contribution in [0.4, 0.5) is 5.69 Å². The summed E-state index contributed by atoms with van der Waals surface area (Å²) in [7, 11) is 0. The smallest absolute Gasteiger partial charge is 0.247 e. The molecule has 0 spiro atoms. The molecule has 5 nitrogen and oxygen atoms in total. The van der Waals surface area contributed by atoms with Crippen molar-refractivity contribution in [3.8, 4) is 11.3 Å². The van der Waals surface area contributed by atoms with E-state index in [1.807, 2.05) is 80.7 Å². The van der Waals surface area contributed by atoms with Gasteiger partial charge in [0.1, 0.15) is 6.04 Å². The van der Waals surface area contributed by atoms with Crippen LogP contribution in [-0.4, -0.2) is 22.8 Å². The van der Waals surface area contributed by atoms with Crippen molar-refractivity contribution in [1.82, 2.24) is 10.3 Å². The third-order valence-electron chi connectivity index (χ3n) is 4.52. The molecule has 2 amide bonds. The number of thiazole rings is 1. The van der Waals surface area contributed by atoms with Crippen LogP contribution >= 0.6 is 11.3 Å². The second-order valence-electron chi connectivity index (χ2n) is 7.27. The lowest BCUT2D eigenvalue weighted by molar-refractivity contribution is -0.127. The molecule has 0 radical (unpaired) electrons. The summed E-state index contributed by atoms with van der Waals surface area (Å²) in [6.45, 7) is 5.80. The van der Waals surface area contributed by atoms with E-state index in [1.165, 1.54) is 0 Å². The number of aromatic nitrogens is 1. The summed E-state index contributed by atoms with van der Waals surface area (Å²) in [5, 5.41) is 8.80. The van der Waals surface area contributed by atoms with Gasteiger partial charge in [-0.05, 0) is 30.5 Å². The van der Waals surface area contributed by atoms with Gasteiger partial charge in [0.2, 0.25) is 11.8 Å². The SMILES string of the molecule is Cc1nc(-c2cccc(NC(=O)[C@H](NC(=O)Cc3ccccc3)C(C)C)c2)cs1. The van der Waals surface area contributed by atoms with Crippen LogP contribution < -0.4 is 10.6 Å². The molecule has 1 atom stereocenters. The molecular weight excluding hydrogens is 382 g/mol. The zero-order valence-corrected chi connectivity index (χ0v) is 17.6. The molecule has 2 N–H and O–H groups in total. The Morgan fingerprint density at radius 1 is 1.07 bits per heavy atom. The predicted molar refractivity (Wildman–Crippen MR) is 118 cm³/mol. The maximum Gasteiger partial charge on any atom is 0.247 e. The highest BCUT2D eigenvalue weighted by Crippen LogP contribution is 2.24. The topological polar surface area (TPSA) is 71.1 Å². The molecule has 0 aliphatic rings. The third-order valence-corrected chi connectivity index (χ3v) is 5.29. The number of anilines is 1. The first-order valence-electron chi connectivity index (χ1n) is 9.59. The summed E-state index contributed by atoms with van der Waals surface area (Å²) >= 11 is 1.59. The Bertz CT molecular complexity index is 983. The second kappa shape index (κ2) is 9.47. The standard InChI is InChI=1S/C23H25N3O2S/c1-15(2)22(26-21(27)12-17-8-5-4-6-9-17)23(28)25-19-11-7-10-18(13-19)20-14-29-16(3)24-20/h4-11,13-15,22H,12H2,1-3H3,(H,25,28)(H,26,27)/t22-/m1/s1. The number of nitrogens with zero attached hydrogens (tertiary/aromatic N) is 1. The Hall–Kier alpha value is -2.99. The zero-order valence-electron chi connectivity index (χ0n) is 16.8. The van der Waals surface area contributed by atoms with Crippen LogP contribution in [0.15, 0.2) is 60.0 Å². The van der Waals surface area contributed by atoms with Gasteiger partial charge in [-0.15, -0.1) is 11.3 Å². The van der Waals surface area contributed by atoms with Crippen LogP contribution in [0.3, 0.4) is 0 Å². The maximum absolute atomic E-state index is 12.9. The van der Waals surface area contributed by atoms with Gasteiger partial charge in [0.25, 0.3) is 0 Å². The molecule has 1 aromatic heterocycles. The number of hydrogen-bond donors (Lipinski definition) is 2. The maximum atomic E-state index is 12.9. The Kier molecular flexibility index (Phi) is 6.77. The molecule has 6 heteroatoms. The van der Waals surface area contributed by atoms with E-state index in [-0.39, 0.29) is 24.2 Å². The predicted octanol–water partition coefficient (Wildman–Crippen LogP) is 4.44. The van der Waals surface area contributed by atoms with E-state index in [4.69, 9.17) is 0 Å². The molecule has 1 heterocycles. The first-order chi connectivity index (χ1) is 13.9. The molecule has 29 heavy (non-hydrogen) atoms. The minimum atomic E-state index is -0.614. The van der Waals surface area contributed by atoms with Gasteiger partial charge < -0.3 is 10.6 Å². The molecule has 0 aliphatic carbocycles. The Morgan fingerprint density at radius 2 is 1.83 bits per heavy atom. The van der Waals surface area contributed by atoms with Crippen LogP contribution in [0.1, 0.15) is 24.4 Å². The number of carbonyl (C=O) groups excluding carboxylic acids is 2. The number of rotatable bonds is 7. The molecule has 2 aromatic carbocycles. The van der Waals surface area contributed by atoms with Crippen molar-refractivity contribution >= 4 is 28.8 Å². The molecule has 0 saturated heterocycles.